The van der Waals surface area contributed by atoms with Crippen LogP contribution in [-0.2, 0) is 4.79 Å². The van der Waals surface area contributed by atoms with Crippen molar-refractivity contribution in [3.05, 3.63) is 41.3 Å². The zero-order valence-electron chi connectivity index (χ0n) is 12.2. The van der Waals surface area contributed by atoms with E-state index in [0.29, 0.717) is 0 Å². The van der Waals surface area contributed by atoms with Crippen LogP contribution in [0.4, 0.5) is 0 Å². The van der Waals surface area contributed by atoms with Gasteiger partial charge in [0.2, 0.25) is 0 Å². The Labute approximate surface area is 141 Å². The summed E-state index contributed by atoms with van der Waals surface area (Å²) in [4.78, 5) is 23.7. The fourth-order valence-corrected chi connectivity index (χ4v) is 2.62. The normalized spacial score (nSPS) is 10.2. The van der Waals surface area contributed by atoms with Gasteiger partial charge in [-0.25, -0.2) is 4.79 Å². The Morgan fingerprint density at radius 3 is 2.54 bits per heavy atom. The van der Waals surface area contributed by atoms with E-state index in [0.717, 1.165) is 11.3 Å². The molecule has 8 nitrogen and oxygen atoms in total. The lowest BCUT2D eigenvalue weighted by Crippen LogP contribution is -2.38. The molecule has 0 aliphatic carbocycles. The molecule has 0 fully saturated rings. The van der Waals surface area contributed by atoms with Gasteiger partial charge in [-0.2, -0.15) is 11.3 Å². The fraction of sp³-hybridized carbons (Fsp3) is 0.0769. The predicted molar refractivity (Wildman–Crippen MR) is 88.4 cm³/mol. The molecule has 0 saturated heterocycles. The first-order valence-electron chi connectivity index (χ1n) is 6.77. The minimum absolute atomic E-state index is 0.0631. The van der Waals surface area contributed by atoms with Crippen molar-refractivity contribution >= 4 is 47.7 Å². The molecule has 2 aromatic rings. The van der Waals surface area contributed by atoms with E-state index >= 15 is 0 Å². The van der Waals surface area contributed by atoms with Gasteiger partial charge in [-0.1, -0.05) is 12.1 Å². The van der Waals surface area contributed by atoms with Gasteiger partial charge in [0.1, 0.15) is 12.3 Å². The number of hydrogen-bond acceptors (Lipinski definition) is 8. The average Bonchev–Trinajstić information content (AvgIpc) is 3.02. The van der Waals surface area contributed by atoms with E-state index in [9.17, 15) is 9.59 Å². The summed E-state index contributed by atoms with van der Waals surface area (Å²) in [5.74, 6) is -1.31. The predicted octanol–water partition coefficient (Wildman–Crippen LogP) is -2.56. The zero-order chi connectivity index (χ0) is 17.7. The van der Waals surface area contributed by atoms with Crippen molar-refractivity contribution in [3.8, 4) is 5.75 Å². The van der Waals surface area contributed by atoms with Crippen LogP contribution in [0.1, 0.15) is 10.4 Å². The number of hydrogen-bond donors (Lipinski definition) is 5. The fourth-order valence-electron chi connectivity index (χ4n) is 1.86. The van der Waals surface area contributed by atoms with Crippen LogP contribution in [0.3, 0.4) is 0 Å². The molecular weight excluding hydrogens is 336 g/mol. The molecule has 0 aliphatic rings. The summed E-state index contributed by atoms with van der Waals surface area (Å²) >= 11 is 1.00. The molecule has 24 heavy (non-hydrogen) atoms. The Bertz CT molecular complexity index is 735. The third-order valence-electron chi connectivity index (χ3n) is 2.96. The lowest BCUT2D eigenvalue weighted by molar-refractivity contribution is -0.133. The average molecular weight is 349 g/mol. The summed E-state index contributed by atoms with van der Waals surface area (Å²) in [6.07, 6.45) is 0. The number of esters is 1. The van der Waals surface area contributed by atoms with Crippen LogP contribution in [0, 0.1) is 0 Å². The summed E-state index contributed by atoms with van der Waals surface area (Å²) in [5, 5.41) is 40.2. The number of carbonyl (C=O) groups is 2. The second kappa shape index (κ2) is 8.08. The number of nitrogens with one attached hydrogen (secondary N) is 1. The highest BCUT2D eigenvalue weighted by Gasteiger charge is 2.22. The molecule has 11 heteroatoms. The van der Waals surface area contributed by atoms with E-state index in [1.54, 1.807) is 0 Å². The Morgan fingerprint density at radius 1 is 1.12 bits per heavy atom. The van der Waals surface area contributed by atoms with Gasteiger partial charge in [0, 0.05) is 10.3 Å². The minimum Gasteiger partial charge on any atom is -0.425 e. The van der Waals surface area contributed by atoms with Crippen molar-refractivity contribution < 1.29 is 34.4 Å². The van der Waals surface area contributed by atoms with E-state index in [4.69, 9.17) is 24.8 Å². The first-order valence-corrected chi connectivity index (χ1v) is 7.65. The standard InChI is InChI=1S/C13H13B2NO7S/c17-11(23-9-3-1-2-8(6-9)14(19)20)7-16-13(18)10-4-5-24-12(10)15(21)22/h1-6,19-22H,7H2,(H,16,18). The third kappa shape index (κ3) is 4.66. The molecule has 0 spiro atoms. The maximum Gasteiger partial charge on any atom is 0.499 e. The molecule has 0 unspecified atom stereocenters. The highest BCUT2D eigenvalue weighted by Crippen LogP contribution is 2.08. The Kier molecular flexibility index (Phi) is 6.12. The van der Waals surface area contributed by atoms with Gasteiger partial charge in [0.25, 0.3) is 5.91 Å². The van der Waals surface area contributed by atoms with Crippen LogP contribution in [0.5, 0.6) is 5.75 Å². The molecule has 1 amide bonds. The lowest BCUT2D eigenvalue weighted by Gasteiger charge is -2.08. The molecule has 124 valence electrons. The first-order chi connectivity index (χ1) is 11.4. The van der Waals surface area contributed by atoms with E-state index in [1.165, 1.54) is 35.7 Å². The summed E-state index contributed by atoms with van der Waals surface area (Å²) in [5.41, 5.74) is 0.220. The SMILES string of the molecule is O=C(CNC(=O)c1ccsc1B(O)O)Oc1cccc(B(O)O)c1. The maximum absolute atomic E-state index is 11.9. The first kappa shape index (κ1) is 18.2. The number of carbonyl (C=O) groups excluding carboxylic acids is 2. The van der Waals surface area contributed by atoms with Crippen LogP contribution in [-0.4, -0.2) is 52.8 Å². The molecule has 0 radical (unpaired) electrons. The Balaban J connectivity index is 1.92. The van der Waals surface area contributed by atoms with Crippen LogP contribution in [0.2, 0.25) is 0 Å². The van der Waals surface area contributed by atoms with Crippen LogP contribution < -0.4 is 20.3 Å². The molecule has 1 aromatic carbocycles. The molecular formula is C13H13B2NO7S. The lowest BCUT2D eigenvalue weighted by atomic mass is 9.80. The van der Waals surface area contributed by atoms with E-state index in [1.807, 2.05) is 0 Å². The van der Waals surface area contributed by atoms with E-state index in [2.05, 4.69) is 5.32 Å². The van der Waals surface area contributed by atoms with Crippen molar-refractivity contribution in [3.63, 3.8) is 0 Å². The van der Waals surface area contributed by atoms with Gasteiger partial charge in [-0.3, -0.25) is 4.79 Å². The Morgan fingerprint density at radius 2 is 1.88 bits per heavy atom. The monoisotopic (exact) mass is 349 g/mol. The molecule has 1 aromatic heterocycles. The van der Waals surface area contributed by atoms with Crippen molar-refractivity contribution in [2.45, 2.75) is 0 Å². The Hall–Kier alpha value is -2.17. The third-order valence-corrected chi connectivity index (χ3v) is 3.91. The zero-order valence-corrected chi connectivity index (χ0v) is 13.1. The number of rotatable bonds is 6. The number of amides is 1. The molecule has 0 bridgehead atoms. The van der Waals surface area contributed by atoms with E-state index in [-0.39, 0.29) is 21.6 Å². The van der Waals surface area contributed by atoms with Gasteiger partial charge < -0.3 is 30.1 Å². The van der Waals surface area contributed by atoms with Gasteiger partial charge in [0.15, 0.2) is 0 Å². The van der Waals surface area contributed by atoms with Crippen molar-refractivity contribution in [1.29, 1.82) is 0 Å². The van der Waals surface area contributed by atoms with Gasteiger partial charge in [-0.15, -0.1) is 0 Å². The molecule has 0 saturated carbocycles. The molecule has 0 atom stereocenters. The van der Waals surface area contributed by atoms with E-state index < -0.39 is 32.7 Å². The molecule has 5 N–H and O–H groups in total. The smallest absolute Gasteiger partial charge is 0.425 e. The summed E-state index contributed by atoms with van der Waals surface area (Å²) in [6.45, 7) is -0.443. The van der Waals surface area contributed by atoms with Crippen LogP contribution >= 0.6 is 11.3 Å². The number of benzene rings is 1. The topological polar surface area (TPSA) is 136 Å². The maximum atomic E-state index is 11.9. The highest BCUT2D eigenvalue weighted by molar-refractivity contribution is 7.21. The van der Waals surface area contributed by atoms with Gasteiger partial charge in [0.05, 0.1) is 0 Å². The van der Waals surface area contributed by atoms with Gasteiger partial charge in [-0.05, 0) is 29.0 Å². The summed E-state index contributed by atoms with van der Waals surface area (Å²) in [6, 6.07) is 7.07. The quantitative estimate of drug-likeness (QED) is 0.220. The second-order valence-electron chi connectivity index (χ2n) is 4.68. The molecule has 1 heterocycles. The minimum atomic E-state index is -1.77. The summed E-state index contributed by atoms with van der Waals surface area (Å²) < 4.78 is 5.05. The summed E-state index contributed by atoms with van der Waals surface area (Å²) in [7, 11) is -3.46. The van der Waals surface area contributed by atoms with Crippen molar-refractivity contribution in [1.82, 2.24) is 5.32 Å². The molecule has 2 rings (SSSR count). The van der Waals surface area contributed by atoms with Crippen molar-refractivity contribution in [2.24, 2.45) is 0 Å². The largest absolute Gasteiger partial charge is 0.499 e. The highest BCUT2D eigenvalue weighted by atomic mass is 32.1. The van der Waals surface area contributed by atoms with Crippen LogP contribution in [0.15, 0.2) is 35.7 Å². The number of thiophene rings is 1. The molecule has 0 aliphatic heterocycles. The van der Waals surface area contributed by atoms with Gasteiger partial charge >= 0.3 is 20.2 Å². The second-order valence-corrected chi connectivity index (χ2v) is 5.62. The number of ether oxygens (including phenoxy) is 1. The van der Waals surface area contributed by atoms with Crippen LogP contribution in [0.25, 0.3) is 0 Å². The van der Waals surface area contributed by atoms with Crippen molar-refractivity contribution in [2.75, 3.05) is 6.54 Å².